The summed E-state index contributed by atoms with van der Waals surface area (Å²) in [6, 6.07) is 6.36. The maximum atomic E-state index is 13.6. The fraction of sp³-hybridized carbons (Fsp3) is 0.333. The minimum atomic E-state index is -0.474. The molecule has 6 heteroatoms. The van der Waals surface area contributed by atoms with Crippen molar-refractivity contribution in [3.63, 3.8) is 0 Å². The molecule has 0 bridgehead atoms. The van der Waals surface area contributed by atoms with Gasteiger partial charge in [-0.2, -0.15) is 5.10 Å². The molecular weight excluding hydrogens is 347 g/mol. The summed E-state index contributed by atoms with van der Waals surface area (Å²) in [6.07, 6.45) is 5.68. The van der Waals surface area contributed by atoms with Gasteiger partial charge in [0.15, 0.2) is 0 Å². The Morgan fingerprint density at radius 1 is 1.54 bits per heavy atom. The van der Waals surface area contributed by atoms with Crippen LogP contribution < -0.4 is 5.43 Å². The standard InChI is InChI=1S/C18H18ClFN2OS/c1-2-11-6-7-16-12(8-11)9-17(24-16)18(23)22-21-10-13-14(19)4-3-5-15(13)20/h3-5,9-11H,2,6-8H2,1H3,(H,22,23)/b21-10-/t11-/m0/s1. The SMILES string of the molecule is CC[C@H]1CCc2sc(C(=O)N/N=C\c3c(F)cccc3Cl)cc2C1. The van der Waals surface area contributed by atoms with E-state index in [9.17, 15) is 9.18 Å². The molecule has 1 atom stereocenters. The van der Waals surface area contributed by atoms with Gasteiger partial charge in [0, 0.05) is 10.4 Å². The number of carbonyl (C=O) groups excluding carboxylic acids is 1. The number of nitrogens with one attached hydrogen (secondary N) is 1. The highest BCUT2D eigenvalue weighted by molar-refractivity contribution is 7.14. The van der Waals surface area contributed by atoms with Crippen LogP contribution in [0.25, 0.3) is 0 Å². The van der Waals surface area contributed by atoms with E-state index in [1.807, 2.05) is 6.07 Å². The van der Waals surface area contributed by atoms with Gasteiger partial charge in [-0.3, -0.25) is 4.79 Å². The van der Waals surface area contributed by atoms with Gasteiger partial charge in [0.25, 0.3) is 5.91 Å². The molecule has 0 radical (unpaired) electrons. The van der Waals surface area contributed by atoms with Gasteiger partial charge in [0.2, 0.25) is 0 Å². The van der Waals surface area contributed by atoms with Gasteiger partial charge in [-0.1, -0.05) is 31.0 Å². The van der Waals surface area contributed by atoms with Gasteiger partial charge < -0.3 is 0 Å². The summed E-state index contributed by atoms with van der Waals surface area (Å²) in [4.78, 5) is 14.2. The quantitative estimate of drug-likeness (QED) is 0.613. The van der Waals surface area contributed by atoms with Crippen LogP contribution in [0.3, 0.4) is 0 Å². The number of hydrogen-bond donors (Lipinski definition) is 1. The van der Waals surface area contributed by atoms with E-state index in [4.69, 9.17) is 11.6 Å². The van der Waals surface area contributed by atoms with E-state index in [0.717, 1.165) is 12.8 Å². The summed E-state index contributed by atoms with van der Waals surface area (Å²) in [7, 11) is 0. The normalized spacial score (nSPS) is 17.0. The van der Waals surface area contributed by atoms with E-state index in [-0.39, 0.29) is 16.5 Å². The average molecular weight is 365 g/mol. The minimum absolute atomic E-state index is 0.163. The largest absolute Gasteiger partial charge is 0.281 e. The fourth-order valence-corrected chi connectivity index (χ4v) is 4.21. The predicted octanol–water partition coefficient (Wildman–Crippen LogP) is 4.82. The molecule has 3 rings (SSSR count). The summed E-state index contributed by atoms with van der Waals surface area (Å²) in [5, 5.41) is 4.09. The molecule has 1 aromatic heterocycles. The van der Waals surface area contributed by atoms with E-state index < -0.39 is 5.82 Å². The molecule has 24 heavy (non-hydrogen) atoms. The van der Waals surface area contributed by atoms with Crippen molar-refractivity contribution in [2.24, 2.45) is 11.0 Å². The number of hydrogen-bond acceptors (Lipinski definition) is 3. The van der Waals surface area contributed by atoms with Crippen molar-refractivity contribution in [3.05, 3.63) is 56.0 Å². The maximum absolute atomic E-state index is 13.6. The summed E-state index contributed by atoms with van der Waals surface area (Å²) in [6.45, 7) is 2.21. The lowest BCUT2D eigenvalue weighted by Crippen LogP contribution is -2.16. The van der Waals surface area contributed by atoms with Crippen LogP contribution in [0.5, 0.6) is 0 Å². The summed E-state index contributed by atoms with van der Waals surface area (Å²) >= 11 is 7.44. The predicted molar refractivity (Wildman–Crippen MR) is 96.6 cm³/mol. The smallest absolute Gasteiger partial charge is 0.266 e. The number of thiophene rings is 1. The third kappa shape index (κ3) is 3.68. The zero-order valence-corrected chi connectivity index (χ0v) is 14.9. The van der Waals surface area contributed by atoms with Crippen molar-refractivity contribution in [3.8, 4) is 0 Å². The molecule has 1 aromatic carbocycles. The zero-order chi connectivity index (χ0) is 17.1. The number of benzene rings is 1. The van der Waals surface area contributed by atoms with Gasteiger partial charge >= 0.3 is 0 Å². The molecule has 0 unspecified atom stereocenters. The van der Waals surface area contributed by atoms with Gasteiger partial charge in [0.1, 0.15) is 5.82 Å². The highest BCUT2D eigenvalue weighted by Gasteiger charge is 2.21. The molecule has 1 heterocycles. The topological polar surface area (TPSA) is 41.5 Å². The average Bonchev–Trinajstić information content (AvgIpc) is 3.00. The zero-order valence-electron chi connectivity index (χ0n) is 13.3. The van der Waals surface area contributed by atoms with Crippen LogP contribution in [-0.4, -0.2) is 12.1 Å². The first-order chi connectivity index (χ1) is 11.6. The molecule has 0 fully saturated rings. The number of fused-ring (bicyclic) bond motifs is 1. The first kappa shape index (κ1) is 17.1. The lowest BCUT2D eigenvalue weighted by Gasteiger charge is -2.19. The molecule has 0 saturated carbocycles. The maximum Gasteiger partial charge on any atom is 0.281 e. The van der Waals surface area contributed by atoms with Crippen molar-refractivity contribution in [2.75, 3.05) is 0 Å². The Bertz CT molecular complexity index is 767. The molecule has 1 amide bonds. The molecule has 1 N–H and O–H groups in total. The molecule has 2 aromatic rings. The number of nitrogens with zero attached hydrogens (tertiary/aromatic N) is 1. The second-order valence-corrected chi connectivity index (χ2v) is 7.45. The Kier molecular flexibility index (Phi) is 5.31. The Labute approximate surface area is 149 Å². The first-order valence-electron chi connectivity index (χ1n) is 7.97. The molecular formula is C18H18ClFN2OS. The number of carbonyl (C=O) groups is 1. The number of halogens is 2. The monoisotopic (exact) mass is 364 g/mol. The fourth-order valence-electron chi connectivity index (χ4n) is 2.90. The highest BCUT2D eigenvalue weighted by atomic mass is 35.5. The van der Waals surface area contributed by atoms with E-state index in [2.05, 4.69) is 17.5 Å². The molecule has 1 aliphatic rings. The second-order valence-electron chi connectivity index (χ2n) is 5.91. The highest BCUT2D eigenvalue weighted by Crippen LogP contribution is 2.33. The van der Waals surface area contributed by atoms with Crippen LogP contribution in [0.2, 0.25) is 5.02 Å². The summed E-state index contributed by atoms with van der Waals surface area (Å²) < 4.78 is 13.6. The van der Waals surface area contributed by atoms with E-state index in [1.54, 1.807) is 6.07 Å². The number of hydrazone groups is 1. The van der Waals surface area contributed by atoms with Gasteiger partial charge in [0.05, 0.1) is 16.1 Å². The Morgan fingerprint density at radius 2 is 2.38 bits per heavy atom. The third-order valence-corrected chi connectivity index (χ3v) is 5.91. The Morgan fingerprint density at radius 3 is 3.12 bits per heavy atom. The molecule has 0 saturated heterocycles. The lowest BCUT2D eigenvalue weighted by atomic mass is 9.87. The van der Waals surface area contributed by atoms with Crippen LogP contribution in [0.1, 0.15) is 45.4 Å². The van der Waals surface area contributed by atoms with Crippen molar-refractivity contribution >= 4 is 35.1 Å². The van der Waals surface area contributed by atoms with Gasteiger partial charge in [-0.15, -0.1) is 11.3 Å². The number of amides is 1. The van der Waals surface area contributed by atoms with E-state index in [1.165, 1.54) is 53.0 Å². The minimum Gasteiger partial charge on any atom is -0.266 e. The van der Waals surface area contributed by atoms with E-state index in [0.29, 0.717) is 10.8 Å². The van der Waals surface area contributed by atoms with Crippen LogP contribution in [0.15, 0.2) is 29.4 Å². The molecule has 126 valence electrons. The second kappa shape index (κ2) is 7.45. The Balaban J connectivity index is 1.68. The van der Waals surface area contributed by atoms with Crippen LogP contribution in [0.4, 0.5) is 4.39 Å². The van der Waals surface area contributed by atoms with Crippen molar-refractivity contribution in [1.29, 1.82) is 0 Å². The number of aryl methyl sites for hydroxylation is 1. The molecule has 3 nitrogen and oxygen atoms in total. The molecule has 0 aliphatic heterocycles. The van der Waals surface area contributed by atoms with Crippen molar-refractivity contribution < 1.29 is 9.18 Å². The summed E-state index contributed by atoms with van der Waals surface area (Å²) in [5.74, 6) is -0.0342. The van der Waals surface area contributed by atoms with Crippen LogP contribution >= 0.6 is 22.9 Å². The molecule has 1 aliphatic carbocycles. The third-order valence-electron chi connectivity index (χ3n) is 4.35. The van der Waals surface area contributed by atoms with E-state index >= 15 is 0 Å². The molecule has 0 spiro atoms. The van der Waals surface area contributed by atoms with Gasteiger partial charge in [-0.05, 0) is 48.9 Å². The number of rotatable bonds is 4. The van der Waals surface area contributed by atoms with Crippen molar-refractivity contribution in [2.45, 2.75) is 32.6 Å². The van der Waals surface area contributed by atoms with Crippen LogP contribution in [-0.2, 0) is 12.8 Å². The summed E-state index contributed by atoms with van der Waals surface area (Å²) in [5.41, 5.74) is 3.90. The van der Waals surface area contributed by atoms with Crippen LogP contribution in [0, 0.1) is 11.7 Å². The van der Waals surface area contributed by atoms with Gasteiger partial charge in [-0.25, -0.2) is 9.82 Å². The first-order valence-corrected chi connectivity index (χ1v) is 9.17. The Hall–Kier alpha value is -1.72. The van der Waals surface area contributed by atoms with Crippen molar-refractivity contribution in [1.82, 2.24) is 5.43 Å². The lowest BCUT2D eigenvalue weighted by molar-refractivity contribution is 0.0959.